The fourth-order valence-electron chi connectivity index (χ4n) is 2.16. The van der Waals surface area contributed by atoms with Crippen LogP contribution in [-0.2, 0) is 16.0 Å². The Morgan fingerprint density at radius 3 is 2.71 bits per heavy atom. The molecule has 21 heavy (non-hydrogen) atoms. The second-order valence-electron chi connectivity index (χ2n) is 5.08. The van der Waals surface area contributed by atoms with E-state index in [1.165, 1.54) is 4.90 Å². The van der Waals surface area contributed by atoms with Crippen LogP contribution in [0.4, 0.5) is 10.5 Å². The van der Waals surface area contributed by atoms with Gasteiger partial charge in [-0.05, 0) is 30.9 Å². The minimum atomic E-state index is -0.996. The number of hydrogen-bond acceptors (Lipinski definition) is 3. The van der Waals surface area contributed by atoms with Gasteiger partial charge in [0.15, 0.2) is 0 Å². The molecule has 1 aliphatic carbocycles. The molecule has 2 amide bonds. The highest BCUT2D eigenvalue weighted by molar-refractivity contribution is 5.92. The average Bonchev–Trinajstić information content (AvgIpc) is 3.28. The van der Waals surface area contributed by atoms with E-state index < -0.39 is 5.97 Å². The van der Waals surface area contributed by atoms with Crippen molar-refractivity contribution in [3.63, 3.8) is 0 Å². The Bertz CT molecular complexity index is 514. The number of nitrogens with one attached hydrogen (secondary N) is 1. The van der Waals surface area contributed by atoms with Crippen molar-refractivity contribution in [2.24, 2.45) is 0 Å². The lowest BCUT2D eigenvalue weighted by atomic mass is 10.1. The summed E-state index contributed by atoms with van der Waals surface area (Å²) in [6, 6.07) is 7.17. The fourth-order valence-corrected chi connectivity index (χ4v) is 2.16. The summed E-state index contributed by atoms with van der Waals surface area (Å²) in [7, 11) is 1.63. The number of carbonyl (C=O) groups excluding carboxylic acids is 1. The predicted octanol–water partition coefficient (Wildman–Crippen LogP) is 1.96. The number of para-hydroxylation sites is 1. The number of amides is 2. The molecule has 0 radical (unpaired) electrons. The number of carboxylic acid groups (broad SMARTS) is 1. The van der Waals surface area contributed by atoms with Gasteiger partial charge in [0, 0.05) is 18.8 Å². The number of aliphatic carboxylic acids is 1. The van der Waals surface area contributed by atoms with Gasteiger partial charge in [-0.15, -0.1) is 0 Å². The van der Waals surface area contributed by atoms with Crippen LogP contribution in [0.3, 0.4) is 0 Å². The highest BCUT2D eigenvalue weighted by atomic mass is 16.5. The number of urea groups is 1. The normalized spacial score (nSPS) is 13.8. The molecule has 1 fully saturated rings. The van der Waals surface area contributed by atoms with Crippen molar-refractivity contribution in [2.45, 2.75) is 25.3 Å². The maximum atomic E-state index is 12.3. The van der Waals surface area contributed by atoms with E-state index in [0.29, 0.717) is 18.7 Å². The maximum Gasteiger partial charge on any atom is 0.323 e. The lowest BCUT2D eigenvalue weighted by Gasteiger charge is -2.21. The fraction of sp³-hybridized carbons (Fsp3) is 0.467. The minimum absolute atomic E-state index is 0.0484. The second-order valence-corrected chi connectivity index (χ2v) is 5.08. The molecule has 6 heteroatoms. The number of nitrogens with zero attached hydrogens (tertiary/aromatic N) is 1. The van der Waals surface area contributed by atoms with Crippen LogP contribution in [0.1, 0.15) is 18.4 Å². The standard InChI is InChI=1S/C15H20N2O4/c1-21-9-8-11-4-2-3-5-13(11)16-15(20)17(10-14(18)19)12-6-7-12/h2-5,12H,6-10H2,1H3,(H,16,20)(H,18,19). The van der Waals surface area contributed by atoms with Crippen LogP contribution in [-0.4, -0.2) is 48.3 Å². The molecule has 0 aromatic heterocycles. The van der Waals surface area contributed by atoms with Gasteiger partial charge in [-0.3, -0.25) is 4.79 Å². The van der Waals surface area contributed by atoms with Crippen LogP contribution in [0, 0.1) is 0 Å². The predicted molar refractivity (Wildman–Crippen MR) is 78.4 cm³/mol. The Hall–Kier alpha value is -2.08. The molecule has 1 saturated carbocycles. The SMILES string of the molecule is COCCc1ccccc1NC(=O)N(CC(=O)O)C1CC1. The van der Waals surface area contributed by atoms with Gasteiger partial charge in [-0.1, -0.05) is 18.2 Å². The molecule has 0 spiro atoms. The smallest absolute Gasteiger partial charge is 0.323 e. The summed E-state index contributed by atoms with van der Waals surface area (Å²) in [4.78, 5) is 24.5. The Morgan fingerprint density at radius 2 is 2.10 bits per heavy atom. The summed E-state index contributed by atoms with van der Waals surface area (Å²) in [5.74, 6) is -0.996. The molecule has 0 atom stereocenters. The summed E-state index contributed by atoms with van der Waals surface area (Å²) in [6.07, 6.45) is 2.42. The molecule has 0 aliphatic heterocycles. The summed E-state index contributed by atoms with van der Waals surface area (Å²) in [5, 5.41) is 11.7. The van der Waals surface area contributed by atoms with E-state index in [1.807, 2.05) is 24.3 Å². The molecule has 1 aromatic rings. The number of benzene rings is 1. The topological polar surface area (TPSA) is 78.9 Å². The van der Waals surface area contributed by atoms with E-state index in [1.54, 1.807) is 7.11 Å². The van der Waals surface area contributed by atoms with Crippen molar-refractivity contribution < 1.29 is 19.4 Å². The van der Waals surface area contributed by atoms with Gasteiger partial charge in [0.05, 0.1) is 6.61 Å². The zero-order chi connectivity index (χ0) is 15.2. The second kappa shape index (κ2) is 7.08. The molecule has 0 unspecified atom stereocenters. The Labute approximate surface area is 123 Å². The lowest BCUT2D eigenvalue weighted by molar-refractivity contribution is -0.137. The number of hydrogen-bond donors (Lipinski definition) is 2. The van der Waals surface area contributed by atoms with E-state index in [-0.39, 0.29) is 18.6 Å². The van der Waals surface area contributed by atoms with Crippen LogP contribution in [0.15, 0.2) is 24.3 Å². The zero-order valence-corrected chi connectivity index (χ0v) is 12.0. The Kier molecular flexibility index (Phi) is 5.16. The third kappa shape index (κ3) is 4.46. The molecule has 1 aromatic carbocycles. The third-order valence-electron chi connectivity index (χ3n) is 3.39. The van der Waals surface area contributed by atoms with E-state index in [2.05, 4.69) is 5.32 Å². The van der Waals surface area contributed by atoms with Gasteiger partial charge in [0.25, 0.3) is 0 Å². The molecular weight excluding hydrogens is 272 g/mol. The Balaban J connectivity index is 2.05. The molecule has 1 aliphatic rings. The van der Waals surface area contributed by atoms with Crippen LogP contribution >= 0.6 is 0 Å². The van der Waals surface area contributed by atoms with Crippen LogP contribution < -0.4 is 5.32 Å². The summed E-state index contributed by atoms with van der Waals surface area (Å²) in [5.41, 5.74) is 1.68. The number of carbonyl (C=O) groups is 2. The number of methoxy groups -OCH3 is 1. The van der Waals surface area contributed by atoms with Crippen molar-refractivity contribution in [1.29, 1.82) is 0 Å². The highest BCUT2D eigenvalue weighted by Crippen LogP contribution is 2.27. The average molecular weight is 292 g/mol. The lowest BCUT2D eigenvalue weighted by Crippen LogP contribution is -2.40. The summed E-state index contributed by atoms with van der Waals surface area (Å²) in [6.45, 7) is 0.297. The van der Waals surface area contributed by atoms with Gasteiger partial charge in [0.2, 0.25) is 0 Å². The van der Waals surface area contributed by atoms with E-state index in [4.69, 9.17) is 9.84 Å². The van der Waals surface area contributed by atoms with Crippen molar-refractivity contribution in [2.75, 3.05) is 25.6 Å². The van der Waals surface area contributed by atoms with Gasteiger partial charge < -0.3 is 20.1 Å². The molecular formula is C15H20N2O4. The van der Waals surface area contributed by atoms with Gasteiger partial charge >= 0.3 is 12.0 Å². The maximum absolute atomic E-state index is 12.3. The first-order valence-electron chi connectivity index (χ1n) is 6.98. The quantitative estimate of drug-likeness (QED) is 0.805. The van der Waals surface area contributed by atoms with Crippen molar-refractivity contribution >= 4 is 17.7 Å². The first-order valence-corrected chi connectivity index (χ1v) is 6.98. The van der Waals surface area contributed by atoms with Crippen molar-refractivity contribution in [1.82, 2.24) is 4.90 Å². The number of rotatable bonds is 7. The molecule has 2 rings (SSSR count). The first-order chi connectivity index (χ1) is 10.1. The summed E-state index contributed by atoms with van der Waals surface area (Å²) >= 11 is 0. The van der Waals surface area contributed by atoms with Gasteiger partial charge in [-0.25, -0.2) is 4.79 Å². The largest absolute Gasteiger partial charge is 0.480 e. The van der Waals surface area contributed by atoms with E-state index in [0.717, 1.165) is 18.4 Å². The van der Waals surface area contributed by atoms with Crippen LogP contribution in [0.2, 0.25) is 0 Å². The van der Waals surface area contributed by atoms with Crippen LogP contribution in [0.25, 0.3) is 0 Å². The number of anilines is 1. The molecule has 2 N–H and O–H groups in total. The van der Waals surface area contributed by atoms with E-state index in [9.17, 15) is 9.59 Å². The third-order valence-corrected chi connectivity index (χ3v) is 3.39. The monoisotopic (exact) mass is 292 g/mol. The van der Waals surface area contributed by atoms with Crippen LogP contribution in [0.5, 0.6) is 0 Å². The molecule has 0 heterocycles. The van der Waals surface area contributed by atoms with Gasteiger partial charge in [-0.2, -0.15) is 0 Å². The van der Waals surface area contributed by atoms with Gasteiger partial charge in [0.1, 0.15) is 6.54 Å². The molecule has 6 nitrogen and oxygen atoms in total. The van der Waals surface area contributed by atoms with Crippen molar-refractivity contribution in [3.05, 3.63) is 29.8 Å². The minimum Gasteiger partial charge on any atom is -0.480 e. The van der Waals surface area contributed by atoms with E-state index >= 15 is 0 Å². The number of carboxylic acids is 1. The summed E-state index contributed by atoms with van der Waals surface area (Å²) < 4.78 is 5.05. The first kappa shape index (κ1) is 15.3. The van der Waals surface area contributed by atoms with Crippen molar-refractivity contribution in [3.8, 4) is 0 Å². The zero-order valence-electron chi connectivity index (χ0n) is 12.0. The Morgan fingerprint density at radius 1 is 1.38 bits per heavy atom. The highest BCUT2D eigenvalue weighted by Gasteiger charge is 2.34. The molecule has 0 saturated heterocycles. The number of ether oxygens (including phenoxy) is 1. The molecule has 114 valence electrons. The molecule has 0 bridgehead atoms.